The van der Waals surface area contributed by atoms with Gasteiger partial charge in [-0.05, 0) is 49.9 Å². The number of esters is 1. The molecule has 1 saturated heterocycles. The van der Waals surface area contributed by atoms with Crippen LogP contribution in [0.25, 0.3) is 22.2 Å². The van der Waals surface area contributed by atoms with Gasteiger partial charge in [-0.2, -0.15) is 0 Å². The number of nitrogens with one attached hydrogen (secondary N) is 2. The summed E-state index contributed by atoms with van der Waals surface area (Å²) in [5.74, 6) is 0.0598. The lowest BCUT2D eigenvalue weighted by Crippen LogP contribution is -2.55. The monoisotopic (exact) mass is 688 g/mol. The van der Waals surface area contributed by atoms with Gasteiger partial charge in [0.15, 0.2) is 0 Å². The van der Waals surface area contributed by atoms with Crippen LogP contribution in [0.3, 0.4) is 0 Å². The van der Waals surface area contributed by atoms with Crippen molar-refractivity contribution in [3.8, 4) is 22.8 Å². The number of fused-ring (bicyclic) bond motifs is 3. The van der Waals surface area contributed by atoms with E-state index in [1.807, 2.05) is 91.0 Å². The Labute approximate surface area is 298 Å². The SMILES string of the molecule is COC(=O)[C@@]12C[C@H]1/C=C\CCCCC[C@H](Nc1ccccc1)C(=O)N1C[C@H](Oc3cc(-c4ccccc4)nc4cc(OC)ccc34)C[C@H]1C(=O)N2. The second-order valence-corrected chi connectivity index (χ2v) is 13.6. The molecule has 0 bridgehead atoms. The first-order chi connectivity index (χ1) is 24.9. The van der Waals surface area contributed by atoms with Crippen molar-refractivity contribution < 1.29 is 28.6 Å². The minimum Gasteiger partial charge on any atom is -0.497 e. The van der Waals surface area contributed by atoms with Gasteiger partial charge in [0.1, 0.15) is 35.2 Å². The number of benzene rings is 3. The average Bonchev–Trinajstić information content (AvgIpc) is 3.69. The average molecular weight is 689 g/mol. The lowest BCUT2D eigenvalue weighted by molar-refractivity contribution is -0.148. The molecule has 3 aromatic carbocycles. The van der Waals surface area contributed by atoms with Gasteiger partial charge in [0.05, 0.1) is 32.0 Å². The second kappa shape index (κ2) is 14.8. The molecule has 2 N–H and O–H groups in total. The lowest BCUT2D eigenvalue weighted by Gasteiger charge is -2.30. The van der Waals surface area contributed by atoms with E-state index < -0.39 is 35.6 Å². The molecule has 7 rings (SSSR count). The lowest BCUT2D eigenvalue weighted by atomic mass is 10.0. The van der Waals surface area contributed by atoms with Crippen LogP contribution in [0, 0.1) is 5.92 Å². The third kappa shape index (κ3) is 7.27. The van der Waals surface area contributed by atoms with Crippen molar-refractivity contribution in [1.82, 2.24) is 15.2 Å². The van der Waals surface area contributed by atoms with Crippen molar-refractivity contribution in [2.75, 3.05) is 26.1 Å². The molecule has 4 aromatic rings. The highest BCUT2D eigenvalue weighted by atomic mass is 16.5. The summed E-state index contributed by atoms with van der Waals surface area (Å²) in [6.07, 6.45) is 8.54. The molecule has 5 atom stereocenters. The molecule has 1 aliphatic carbocycles. The first-order valence-corrected chi connectivity index (χ1v) is 17.8. The fourth-order valence-corrected chi connectivity index (χ4v) is 7.39. The smallest absolute Gasteiger partial charge is 0.332 e. The van der Waals surface area contributed by atoms with Crippen LogP contribution in [0.15, 0.2) is 97.1 Å². The van der Waals surface area contributed by atoms with E-state index in [9.17, 15) is 14.4 Å². The minimum absolute atomic E-state index is 0.166. The number of carbonyl (C=O) groups is 3. The number of anilines is 1. The molecule has 1 aromatic heterocycles. The van der Waals surface area contributed by atoms with Crippen LogP contribution < -0.4 is 20.1 Å². The molecule has 2 aliphatic heterocycles. The zero-order valence-electron chi connectivity index (χ0n) is 29.0. The highest BCUT2D eigenvalue weighted by molar-refractivity contribution is 5.96. The van der Waals surface area contributed by atoms with Gasteiger partial charge in [-0.25, -0.2) is 9.78 Å². The molecule has 10 nitrogen and oxygen atoms in total. The number of para-hydroxylation sites is 1. The number of hydrogen-bond donors (Lipinski definition) is 2. The van der Waals surface area contributed by atoms with E-state index in [4.69, 9.17) is 19.2 Å². The molecular formula is C41H44N4O6. The summed E-state index contributed by atoms with van der Waals surface area (Å²) in [6.45, 7) is 0.194. The van der Waals surface area contributed by atoms with E-state index in [1.165, 1.54) is 7.11 Å². The van der Waals surface area contributed by atoms with Crippen molar-refractivity contribution in [3.05, 3.63) is 97.1 Å². The Morgan fingerprint density at radius 3 is 2.51 bits per heavy atom. The van der Waals surface area contributed by atoms with Gasteiger partial charge in [-0.1, -0.05) is 73.5 Å². The number of aromatic nitrogens is 1. The normalized spacial score (nSPS) is 25.7. The number of nitrogens with zero attached hydrogens (tertiary/aromatic N) is 2. The third-order valence-electron chi connectivity index (χ3n) is 10.2. The largest absolute Gasteiger partial charge is 0.497 e. The Balaban J connectivity index is 1.23. The summed E-state index contributed by atoms with van der Waals surface area (Å²) in [6, 6.07) is 25.7. The highest BCUT2D eigenvalue weighted by Crippen LogP contribution is 2.46. The minimum atomic E-state index is -1.15. The van der Waals surface area contributed by atoms with Gasteiger partial charge < -0.3 is 29.7 Å². The Bertz CT molecular complexity index is 1920. The van der Waals surface area contributed by atoms with Crippen molar-refractivity contribution in [1.29, 1.82) is 0 Å². The molecular weight excluding hydrogens is 644 g/mol. The van der Waals surface area contributed by atoms with Gasteiger partial charge in [0.2, 0.25) is 11.8 Å². The molecule has 0 unspecified atom stereocenters. The number of amides is 2. The first kappa shape index (κ1) is 34.1. The number of allylic oxidation sites excluding steroid dienone is 1. The number of ether oxygens (including phenoxy) is 3. The van der Waals surface area contributed by atoms with Crippen molar-refractivity contribution >= 4 is 34.4 Å². The van der Waals surface area contributed by atoms with E-state index >= 15 is 0 Å². The highest BCUT2D eigenvalue weighted by Gasteiger charge is 2.62. The van der Waals surface area contributed by atoms with E-state index in [0.29, 0.717) is 29.9 Å². The van der Waals surface area contributed by atoms with Crippen LogP contribution in [-0.2, 0) is 19.1 Å². The van der Waals surface area contributed by atoms with Crippen LogP contribution >= 0.6 is 0 Å². The molecule has 3 aliphatic rings. The maximum absolute atomic E-state index is 14.6. The fourth-order valence-electron chi connectivity index (χ4n) is 7.39. The van der Waals surface area contributed by atoms with Gasteiger partial charge in [0, 0.05) is 41.1 Å². The summed E-state index contributed by atoms with van der Waals surface area (Å²) in [4.78, 5) is 48.6. The predicted octanol–water partition coefficient (Wildman–Crippen LogP) is 6.31. The maximum Gasteiger partial charge on any atom is 0.332 e. The van der Waals surface area contributed by atoms with E-state index in [-0.39, 0.29) is 24.8 Å². The van der Waals surface area contributed by atoms with Crippen molar-refractivity contribution in [2.45, 2.75) is 68.7 Å². The van der Waals surface area contributed by atoms with E-state index in [1.54, 1.807) is 12.0 Å². The molecule has 51 heavy (non-hydrogen) atoms. The number of rotatable bonds is 7. The molecule has 2 fully saturated rings. The van der Waals surface area contributed by atoms with E-state index in [2.05, 4.69) is 16.7 Å². The zero-order valence-corrected chi connectivity index (χ0v) is 29.0. The Morgan fingerprint density at radius 2 is 1.75 bits per heavy atom. The third-order valence-corrected chi connectivity index (χ3v) is 10.2. The first-order valence-electron chi connectivity index (χ1n) is 17.8. The van der Waals surface area contributed by atoms with Gasteiger partial charge >= 0.3 is 5.97 Å². The number of hydrogen-bond acceptors (Lipinski definition) is 8. The topological polar surface area (TPSA) is 119 Å². The molecule has 264 valence electrons. The Kier molecular flexibility index (Phi) is 9.92. The van der Waals surface area contributed by atoms with Gasteiger partial charge in [-0.15, -0.1) is 0 Å². The number of carbonyl (C=O) groups excluding carboxylic acids is 3. The molecule has 10 heteroatoms. The van der Waals surface area contributed by atoms with Crippen LogP contribution in [0.1, 0.15) is 44.9 Å². The summed E-state index contributed by atoms with van der Waals surface area (Å²) in [5.41, 5.74) is 2.04. The summed E-state index contributed by atoms with van der Waals surface area (Å²) in [5, 5.41) is 7.29. The van der Waals surface area contributed by atoms with Crippen LogP contribution in [0.4, 0.5) is 5.69 Å². The second-order valence-electron chi connectivity index (χ2n) is 13.6. The summed E-state index contributed by atoms with van der Waals surface area (Å²) >= 11 is 0. The van der Waals surface area contributed by atoms with Crippen molar-refractivity contribution in [2.24, 2.45) is 5.92 Å². The maximum atomic E-state index is 14.6. The van der Waals surface area contributed by atoms with Gasteiger partial charge in [-0.3, -0.25) is 9.59 Å². The Hall–Kier alpha value is -5.38. The molecule has 3 heterocycles. The number of pyridine rings is 1. The summed E-state index contributed by atoms with van der Waals surface area (Å²) in [7, 11) is 2.96. The molecule has 0 radical (unpaired) electrons. The quantitative estimate of drug-likeness (QED) is 0.171. The van der Waals surface area contributed by atoms with Crippen molar-refractivity contribution in [3.63, 3.8) is 0 Å². The standard InChI is InChI=1S/C41H44N4O6/c1-49-30-20-21-32-35(22-30)43-34(27-14-8-6-9-15-27)24-37(32)51-31-23-36-38(46)44-41(40(48)50-2)25-28(41)16-10-4-3-5-13-19-33(39(47)45(36)26-31)42-29-17-11-7-12-18-29/h6-12,14-18,20-22,24,28,31,33,36,42H,3-5,13,19,23,25-26H2,1-2H3,(H,44,46)/b16-10-/t28-,31-,33+,36+,41-/m1/s1. The Morgan fingerprint density at radius 1 is 0.961 bits per heavy atom. The molecule has 0 spiro atoms. The summed E-state index contributed by atoms with van der Waals surface area (Å²) < 4.78 is 17.4. The fraction of sp³-hybridized carbons (Fsp3) is 0.366. The number of methoxy groups -OCH3 is 2. The van der Waals surface area contributed by atoms with Gasteiger partial charge in [0.25, 0.3) is 0 Å². The van der Waals surface area contributed by atoms with E-state index in [0.717, 1.165) is 48.0 Å². The molecule has 1 saturated carbocycles. The zero-order chi connectivity index (χ0) is 35.4. The van der Waals surface area contributed by atoms with Crippen LogP contribution in [0.2, 0.25) is 0 Å². The predicted molar refractivity (Wildman–Crippen MR) is 195 cm³/mol. The molecule has 2 amide bonds. The van der Waals surface area contributed by atoms with Crippen LogP contribution in [-0.4, -0.2) is 72.2 Å². The van der Waals surface area contributed by atoms with Crippen LogP contribution in [0.5, 0.6) is 11.5 Å².